The van der Waals surface area contributed by atoms with E-state index in [0.29, 0.717) is 12.1 Å². The van der Waals surface area contributed by atoms with Crippen molar-refractivity contribution in [1.82, 2.24) is 0 Å². The molecule has 5 aliphatic carbocycles. The molecule has 7 nitrogen and oxygen atoms in total. The summed E-state index contributed by atoms with van der Waals surface area (Å²) in [6, 6.07) is 5.99. The second kappa shape index (κ2) is 8.03. The second-order valence-corrected chi connectivity index (χ2v) is 13.3. The Bertz CT molecular complexity index is 1280. The lowest BCUT2D eigenvalue weighted by atomic mass is 9.34. The first-order valence-electron chi connectivity index (χ1n) is 14.0. The quantitative estimate of drug-likeness (QED) is 0.407. The van der Waals surface area contributed by atoms with E-state index < -0.39 is 34.6 Å². The molecule has 1 saturated heterocycles. The van der Waals surface area contributed by atoms with Crippen LogP contribution in [0, 0.1) is 51.8 Å². The number of rotatable bonds is 4. The van der Waals surface area contributed by atoms with E-state index >= 15 is 0 Å². The normalized spacial score (nSPS) is 41.4. The van der Waals surface area contributed by atoms with Gasteiger partial charge < -0.3 is 10.2 Å². The minimum atomic E-state index is -1.05. The van der Waals surface area contributed by atoms with Crippen molar-refractivity contribution in [2.75, 3.05) is 4.90 Å². The molecule has 8 atom stereocenters. The SMILES string of the molecule is CC(C)C1=C[C@@]23CC[C@H]4[C@](C)(CCC[C@@]4(C)C(=O)O)[C@@H]2C[C@@H]1[C@H]1C(=O)N(c2ccc(C(=O)O)cc2)C(=O)[C@@H]13. The van der Waals surface area contributed by atoms with E-state index in [1.165, 1.54) is 22.6 Å². The molecule has 0 unspecified atom stereocenters. The Morgan fingerprint density at radius 2 is 1.66 bits per heavy atom. The van der Waals surface area contributed by atoms with Crippen molar-refractivity contribution >= 4 is 29.4 Å². The Morgan fingerprint density at radius 3 is 2.26 bits per heavy atom. The van der Waals surface area contributed by atoms with Crippen LogP contribution in [-0.4, -0.2) is 34.0 Å². The summed E-state index contributed by atoms with van der Waals surface area (Å²) in [5, 5.41) is 19.6. The van der Waals surface area contributed by atoms with Gasteiger partial charge in [-0.15, -0.1) is 0 Å². The number of carboxylic acids is 2. The zero-order chi connectivity index (χ0) is 27.4. The number of hydrogen-bond acceptors (Lipinski definition) is 4. The molecular weight excluding hydrogens is 482 g/mol. The van der Waals surface area contributed by atoms with E-state index in [9.17, 15) is 29.4 Å². The van der Waals surface area contributed by atoms with Gasteiger partial charge in [0.2, 0.25) is 11.8 Å². The number of allylic oxidation sites excluding steroid dienone is 2. The third-order valence-corrected chi connectivity index (χ3v) is 11.5. The van der Waals surface area contributed by atoms with Crippen LogP contribution in [0.4, 0.5) is 5.69 Å². The lowest BCUT2D eigenvalue weighted by molar-refractivity contribution is -0.194. The Labute approximate surface area is 223 Å². The molecule has 1 aromatic carbocycles. The summed E-state index contributed by atoms with van der Waals surface area (Å²) in [5.74, 6) is -2.62. The number of amides is 2. The summed E-state index contributed by atoms with van der Waals surface area (Å²) < 4.78 is 0. The third-order valence-electron chi connectivity index (χ3n) is 11.5. The zero-order valence-electron chi connectivity index (χ0n) is 22.6. The first-order valence-corrected chi connectivity index (χ1v) is 14.0. The summed E-state index contributed by atoms with van der Waals surface area (Å²) in [5.41, 5.74) is 0.343. The van der Waals surface area contributed by atoms with Crippen LogP contribution in [0.2, 0.25) is 0 Å². The Hall–Kier alpha value is -2.96. The van der Waals surface area contributed by atoms with Crippen LogP contribution >= 0.6 is 0 Å². The van der Waals surface area contributed by atoms with Gasteiger partial charge in [0, 0.05) is 5.41 Å². The Balaban J connectivity index is 1.46. The summed E-state index contributed by atoms with van der Waals surface area (Å²) in [4.78, 5) is 53.5. The van der Waals surface area contributed by atoms with Gasteiger partial charge in [0.15, 0.2) is 0 Å². The summed E-state index contributed by atoms with van der Waals surface area (Å²) in [6.07, 6.45) is 7.13. The van der Waals surface area contributed by atoms with Gasteiger partial charge in [-0.05, 0) is 92.4 Å². The fraction of sp³-hybridized carbons (Fsp3) is 0.613. The topological polar surface area (TPSA) is 112 Å². The molecule has 2 bridgehead atoms. The van der Waals surface area contributed by atoms with E-state index in [4.69, 9.17) is 0 Å². The highest BCUT2D eigenvalue weighted by atomic mass is 16.4. The number of carbonyl (C=O) groups is 4. The molecular formula is C31H37NO6. The molecule has 7 rings (SSSR count). The molecule has 38 heavy (non-hydrogen) atoms. The van der Waals surface area contributed by atoms with Crippen molar-refractivity contribution in [1.29, 1.82) is 0 Å². The average molecular weight is 520 g/mol. The number of aromatic carboxylic acids is 1. The van der Waals surface area contributed by atoms with Crippen LogP contribution in [-0.2, 0) is 14.4 Å². The maximum Gasteiger partial charge on any atom is 0.335 e. The molecule has 1 heterocycles. The number of nitrogens with zero attached hydrogens (tertiary/aromatic N) is 1. The van der Waals surface area contributed by atoms with Crippen LogP contribution < -0.4 is 4.90 Å². The molecule has 1 spiro atoms. The Morgan fingerprint density at radius 1 is 0.974 bits per heavy atom. The highest BCUT2D eigenvalue weighted by Gasteiger charge is 2.73. The van der Waals surface area contributed by atoms with Crippen LogP contribution in [0.25, 0.3) is 0 Å². The van der Waals surface area contributed by atoms with Gasteiger partial charge in [-0.25, -0.2) is 4.79 Å². The van der Waals surface area contributed by atoms with E-state index in [1.54, 1.807) is 12.1 Å². The van der Waals surface area contributed by atoms with Gasteiger partial charge in [-0.1, -0.05) is 38.8 Å². The number of anilines is 1. The van der Waals surface area contributed by atoms with Gasteiger partial charge in [-0.3, -0.25) is 19.3 Å². The predicted molar refractivity (Wildman–Crippen MR) is 140 cm³/mol. The molecule has 2 amide bonds. The lowest BCUT2D eigenvalue weighted by Crippen LogP contribution is -2.65. The van der Waals surface area contributed by atoms with E-state index in [-0.39, 0.29) is 46.5 Å². The highest BCUT2D eigenvalue weighted by molar-refractivity contribution is 6.23. The van der Waals surface area contributed by atoms with Gasteiger partial charge >= 0.3 is 11.9 Å². The van der Waals surface area contributed by atoms with Crippen molar-refractivity contribution in [3.05, 3.63) is 41.5 Å². The van der Waals surface area contributed by atoms with Gasteiger partial charge in [0.25, 0.3) is 0 Å². The van der Waals surface area contributed by atoms with E-state index in [0.717, 1.165) is 32.1 Å². The summed E-state index contributed by atoms with van der Waals surface area (Å²) >= 11 is 0. The predicted octanol–water partition coefficient (Wildman–Crippen LogP) is 5.40. The fourth-order valence-electron chi connectivity index (χ4n) is 9.97. The number of imide groups is 1. The monoisotopic (exact) mass is 519 g/mol. The first-order chi connectivity index (χ1) is 17.9. The standard InChI is InChI=1S/C31H37NO6/c1-16(2)20-15-31-13-10-21-29(3,11-5-12-30(21,4)28(37)38)22(31)14-19(20)23-24(31)26(34)32(25(23)33)18-8-6-17(7-9-18)27(35)36/h6-9,15-16,19,21-24H,5,10-14H2,1-4H3,(H,35,36)(H,37,38)/t19-,21-,22-,23+,24+,29-,30+,31-/m0/s1. The molecule has 6 aliphatic rings. The van der Waals surface area contributed by atoms with Crippen molar-refractivity contribution in [3.63, 3.8) is 0 Å². The van der Waals surface area contributed by atoms with Crippen molar-refractivity contribution in [2.45, 2.75) is 66.2 Å². The molecule has 2 N–H and O–H groups in total. The van der Waals surface area contributed by atoms with E-state index in [2.05, 4.69) is 26.8 Å². The molecule has 0 radical (unpaired) electrons. The number of hydrogen-bond donors (Lipinski definition) is 2. The largest absolute Gasteiger partial charge is 0.481 e. The number of benzene rings is 1. The van der Waals surface area contributed by atoms with Crippen LogP contribution in [0.15, 0.2) is 35.9 Å². The molecule has 1 aromatic rings. The molecule has 0 aromatic heterocycles. The lowest BCUT2D eigenvalue weighted by Gasteiger charge is -2.68. The smallest absolute Gasteiger partial charge is 0.335 e. The average Bonchev–Trinajstić information content (AvgIpc) is 3.15. The van der Waals surface area contributed by atoms with Crippen LogP contribution in [0.1, 0.15) is 76.6 Å². The maximum atomic E-state index is 14.3. The minimum Gasteiger partial charge on any atom is -0.481 e. The van der Waals surface area contributed by atoms with Crippen molar-refractivity contribution in [2.24, 2.45) is 51.8 Å². The molecule has 7 heteroatoms. The molecule has 4 fully saturated rings. The Kier molecular flexibility index (Phi) is 5.35. The van der Waals surface area contributed by atoms with Crippen molar-refractivity contribution < 1.29 is 29.4 Å². The third kappa shape index (κ3) is 3.02. The highest BCUT2D eigenvalue weighted by Crippen LogP contribution is 2.74. The van der Waals surface area contributed by atoms with Gasteiger partial charge in [-0.2, -0.15) is 0 Å². The molecule has 202 valence electrons. The summed E-state index contributed by atoms with van der Waals surface area (Å²) in [7, 11) is 0. The summed E-state index contributed by atoms with van der Waals surface area (Å²) in [6.45, 7) is 8.51. The zero-order valence-corrected chi connectivity index (χ0v) is 22.6. The fourth-order valence-corrected chi connectivity index (χ4v) is 9.97. The molecule has 1 aliphatic heterocycles. The van der Waals surface area contributed by atoms with E-state index in [1.807, 2.05) is 6.92 Å². The number of carboxylic acid groups (broad SMARTS) is 2. The maximum absolute atomic E-state index is 14.3. The van der Waals surface area contributed by atoms with Gasteiger partial charge in [0.05, 0.1) is 28.5 Å². The first kappa shape index (κ1) is 25.3. The minimum absolute atomic E-state index is 0.0393. The van der Waals surface area contributed by atoms with Gasteiger partial charge in [0.1, 0.15) is 0 Å². The second-order valence-electron chi connectivity index (χ2n) is 13.3. The van der Waals surface area contributed by atoms with Crippen molar-refractivity contribution in [3.8, 4) is 0 Å². The van der Waals surface area contributed by atoms with Crippen LogP contribution in [0.5, 0.6) is 0 Å². The van der Waals surface area contributed by atoms with Crippen LogP contribution in [0.3, 0.4) is 0 Å². The molecule has 3 saturated carbocycles. The number of aliphatic carboxylic acids is 1. The number of fused-ring (bicyclic) bond motifs is 1. The number of carbonyl (C=O) groups excluding carboxylic acids is 2.